The molecule has 0 spiro atoms. The summed E-state index contributed by atoms with van der Waals surface area (Å²) in [6, 6.07) is -0.131. The van der Waals surface area contributed by atoms with Gasteiger partial charge in [-0.3, -0.25) is 4.79 Å². The molecule has 1 saturated heterocycles. The predicted octanol–water partition coefficient (Wildman–Crippen LogP) is 1.17. The van der Waals surface area contributed by atoms with Crippen LogP contribution in [0.4, 0.5) is 5.69 Å². The van der Waals surface area contributed by atoms with E-state index in [2.05, 4.69) is 9.97 Å². The fourth-order valence-corrected chi connectivity index (χ4v) is 2.45. The van der Waals surface area contributed by atoms with E-state index in [-0.39, 0.29) is 30.2 Å². The number of aliphatic hydroxyl groups excluding tert-OH is 1. The Balaban J connectivity index is 2.29. The monoisotopic (exact) mass is 278 g/mol. The summed E-state index contributed by atoms with van der Waals surface area (Å²) >= 11 is 0. The van der Waals surface area contributed by atoms with Gasteiger partial charge >= 0.3 is 0 Å². The minimum atomic E-state index is -0.203. The Labute approximate surface area is 119 Å². The lowest BCUT2D eigenvalue weighted by atomic mass is 10.0. The van der Waals surface area contributed by atoms with Crippen LogP contribution in [-0.4, -0.2) is 45.1 Å². The van der Waals surface area contributed by atoms with Crippen molar-refractivity contribution < 1.29 is 9.90 Å². The molecule has 20 heavy (non-hydrogen) atoms. The van der Waals surface area contributed by atoms with Crippen LogP contribution in [0.3, 0.4) is 0 Å². The summed E-state index contributed by atoms with van der Waals surface area (Å²) in [6.07, 6.45) is 4.30. The maximum Gasteiger partial charge on any atom is 0.275 e. The van der Waals surface area contributed by atoms with E-state index in [0.29, 0.717) is 18.1 Å². The third-order valence-electron chi connectivity index (χ3n) is 3.65. The Morgan fingerprint density at radius 1 is 1.55 bits per heavy atom. The molecule has 110 valence electrons. The van der Waals surface area contributed by atoms with Gasteiger partial charge in [0.25, 0.3) is 5.91 Å². The van der Waals surface area contributed by atoms with Crippen LogP contribution in [0.15, 0.2) is 6.20 Å². The normalized spacial score (nSPS) is 19.4. The SMILES string of the molecule is CC(C)c1ncc(N)c(C(=O)N2CCCCC2CO)n1. The first-order chi connectivity index (χ1) is 9.54. The molecular weight excluding hydrogens is 256 g/mol. The van der Waals surface area contributed by atoms with Crippen LogP contribution in [0, 0.1) is 0 Å². The largest absolute Gasteiger partial charge is 0.396 e. The van der Waals surface area contributed by atoms with E-state index in [1.807, 2.05) is 13.8 Å². The Morgan fingerprint density at radius 3 is 2.95 bits per heavy atom. The lowest BCUT2D eigenvalue weighted by molar-refractivity contribution is 0.0498. The standard InChI is InChI=1S/C14H22N4O2/c1-9(2)13-16-7-11(15)12(17-13)14(20)18-6-4-3-5-10(18)8-19/h7,9-10,19H,3-6,8,15H2,1-2H3. The molecular formula is C14H22N4O2. The number of nitrogens with zero attached hydrogens (tertiary/aromatic N) is 3. The highest BCUT2D eigenvalue weighted by Crippen LogP contribution is 2.21. The number of hydrogen-bond donors (Lipinski definition) is 2. The molecule has 0 radical (unpaired) electrons. The number of carbonyl (C=O) groups excluding carboxylic acids is 1. The second-order valence-electron chi connectivity index (χ2n) is 5.52. The molecule has 1 aromatic rings. The van der Waals surface area contributed by atoms with Crippen LogP contribution in [-0.2, 0) is 0 Å². The molecule has 1 aliphatic heterocycles. The second-order valence-corrected chi connectivity index (χ2v) is 5.52. The summed E-state index contributed by atoms with van der Waals surface area (Å²) in [5.74, 6) is 0.544. The molecule has 1 unspecified atom stereocenters. The predicted molar refractivity (Wildman–Crippen MR) is 76.3 cm³/mol. The number of aliphatic hydroxyl groups is 1. The summed E-state index contributed by atoms with van der Waals surface area (Å²) in [5, 5.41) is 9.41. The van der Waals surface area contributed by atoms with Crippen LogP contribution < -0.4 is 5.73 Å². The van der Waals surface area contributed by atoms with Gasteiger partial charge in [-0.25, -0.2) is 9.97 Å². The third-order valence-corrected chi connectivity index (χ3v) is 3.65. The smallest absolute Gasteiger partial charge is 0.275 e. The summed E-state index contributed by atoms with van der Waals surface area (Å²) in [7, 11) is 0. The minimum Gasteiger partial charge on any atom is -0.396 e. The van der Waals surface area contributed by atoms with Crippen molar-refractivity contribution in [2.45, 2.75) is 45.1 Å². The van der Waals surface area contributed by atoms with Crippen molar-refractivity contribution in [2.24, 2.45) is 0 Å². The highest BCUT2D eigenvalue weighted by atomic mass is 16.3. The number of nitrogen functional groups attached to an aromatic ring is 1. The first-order valence-electron chi connectivity index (χ1n) is 7.08. The second kappa shape index (κ2) is 6.17. The van der Waals surface area contributed by atoms with E-state index < -0.39 is 0 Å². The van der Waals surface area contributed by atoms with Gasteiger partial charge in [0.05, 0.1) is 24.5 Å². The molecule has 2 rings (SSSR count). The number of carbonyl (C=O) groups is 1. The van der Waals surface area contributed by atoms with Crippen LogP contribution in [0.25, 0.3) is 0 Å². The number of nitrogens with two attached hydrogens (primary N) is 1. The van der Waals surface area contributed by atoms with E-state index in [4.69, 9.17) is 5.73 Å². The number of anilines is 1. The topological polar surface area (TPSA) is 92.3 Å². The lowest BCUT2D eigenvalue weighted by Gasteiger charge is -2.34. The molecule has 1 aromatic heterocycles. The molecule has 0 aromatic carbocycles. The molecule has 6 heteroatoms. The maximum atomic E-state index is 12.6. The van der Waals surface area contributed by atoms with Crippen LogP contribution >= 0.6 is 0 Å². The van der Waals surface area contributed by atoms with Crippen LogP contribution in [0.5, 0.6) is 0 Å². The van der Waals surface area contributed by atoms with Crippen molar-refractivity contribution in [3.63, 3.8) is 0 Å². The Kier molecular flexibility index (Phi) is 4.54. The van der Waals surface area contributed by atoms with Gasteiger partial charge in [0.15, 0.2) is 5.69 Å². The van der Waals surface area contributed by atoms with Crippen molar-refractivity contribution >= 4 is 11.6 Å². The number of piperidine rings is 1. The van der Waals surface area contributed by atoms with E-state index in [0.717, 1.165) is 19.3 Å². The van der Waals surface area contributed by atoms with Gasteiger partial charge in [0.2, 0.25) is 0 Å². The average Bonchev–Trinajstić information content (AvgIpc) is 2.46. The number of rotatable bonds is 3. The Morgan fingerprint density at radius 2 is 2.30 bits per heavy atom. The van der Waals surface area contributed by atoms with E-state index in [1.165, 1.54) is 6.20 Å². The molecule has 1 amide bonds. The highest BCUT2D eigenvalue weighted by Gasteiger charge is 2.29. The minimum absolute atomic E-state index is 0.0201. The number of likely N-dealkylation sites (tertiary alicyclic amines) is 1. The van der Waals surface area contributed by atoms with Crippen molar-refractivity contribution in [1.82, 2.24) is 14.9 Å². The summed E-state index contributed by atoms with van der Waals surface area (Å²) in [4.78, 5) is 22.8. The van der Waals surface area contributed by atoms with Gasteiger partial charge in [0, 0.05) is 12.5 Å². The highest BCUT2D eigenvalue weighted by molar-refractivity contribution is 5.97. The maximum absolute atomic E-state index is 12.6. The number of amides is 1. The summed E-state index contributed by atoms with van der Waals surface area (Å²) in [6.45, 7) is 4.56. The Bertz CT molecular complexity index is 490. The van der Waals surface area contributed by atoms with Crippen LogP contribution in [0.1, 0.15) is 55.3 Å². The molecule has 1 aliphatic rings. The fraction of sp³-hybridized carbons (Fsp3) is 0.643. The quantitative estimate of drug-likeness (QED) is 0.865. The summed E-state index contributed by atoms with van der Waals surface area (Å²) in [5.41, 5.74) is 6.40. The zero-order chi connectivity index (χ0) is 14.7. The molecule has 0 bridgehead atoms. The average molecular weight is 278 g/mol. The molecule has 1 atom stereocenters. The van der Waals surface area contributed by atoms with Crippen molar-refractivity contribution in [3.05, 3.63) is 17.7 Å². The number of hydrogen-bond acceptors (Lipinski definition) is 5. The van der Waals surface area contributed by atoms with Gasteiger partial charge in [-0.05, 0) is 19.3 Å². The fourth-order valence-electron chi connectivity index (χ4n) is 2.45. The van der Waals surface area contributed by atoms with Crippen molar-refractivity contribution in [1.29, 1.82) is 0 Å². The van der Waals surface area contributed by atoms with Gasteiger partial charge in [-0.15, -0.1) is 0 Å². The van der Waals surface area contributed by atoms with E-state index >= 15 is 0 Å². The first-order valence-corrected chi connectivity index (χ1v) is 7.08. The van der Waals surface area contributed by atoms with Gasteiger partial charge in [-0.1, -0.05) is 13.8 Å². The molecule has 1 fully saturated rings. The Hall–Kier alpha value is -1.69. The van der Waals surface area contributed by atoms with Gasteiger partial charge < -0.3 is 15.7 Å². The van der Waals surface area contributed by atoms with Gasteiger partial charge in [0.1, 0.15) is 5.82 Å². The summed E-state index contributed by atoms with van der Waals surface area (Å²) < 4.78 is 0. The zero-order valence-electron chi connectivity index (χ0n) is 12.0. The molecule has 3 N–H and O–H groups in total. The van der Waals surface area contributed by atoms with Crippen molar-refractivity contribution in [3.8, 4) is 0 Å². The van der Waals surface area contributed by atoms with Crippen LogP contribution in [0.2, 0.25) is 0 Å². The molecule has 6 nitrogen and oxygen atoms in total. The molecule has 2 heterocycles. The third kappa shape index (κ3) is 2.90. The van der Waals surface area contributed by atoms with Crippen molar-refractivity contribution in [2.75, 3.05) is 18.9 Å². The van der Waals surface area contributed by atoms with E-state index in [9.17, 15) is 9.90 Å². The number of aromatic nitrogens is 2. The molecule has 0 saturated carbocycles. The lowest BCUT2D eigenvalue weighted by Crippen LogP contribution is -2.46. The molecule has 0 aliphatic carbocycles. The van der Waals surface area contributed by atoms with Gasteiger partial charge in [-0.2, -0.15) is 0 Å². The zero-order valence-corrected chi connectivity index (χ0v) is 12.0. The first kappa shape index (κ1) is 14.7. The van der Waals surface area contributed by atoms with E-state index in [1.54, 1.807) is 4.90 Å².